The molecule has 54 valence electrons. The average Bonchev–Trinajstić information content (AvgIpc) is 2.70. The average molecular weight is 158 g/mol. The number of rotatable bonds is 2. The molecule has 0 aliphatic heterocycles. The maximum absolute atomic E-state index is 5.53. The Morgan fingerprint density at radius 2 is 2.50 bits per heavy atom. The van der Waals surface area contributed by atoms with Crippen molar-refractivity contribution in [1.82, 2.24) is 4.98 Å². The third kappa shape index (κ3) is 1.03. The van der Waals surface area contributed by atoms with Gasteiger partial charge in [-0.15, -0.1) is 11.6 Å². The van der Waals surface area contributed by atoms with Crippen LogP contribution in [-0.4, -0.2) is 4.98 Å². The van der Waals surface area contributed by atoms with Gasteiger partial charge in [0.25, 0.3) is 0 Å². The fourth-order valence-electron chi connectivity index (χ4n) is 0.903. The fourth-order valence-corrected chi connectivity index (χ4v) is 1.03. The molecule has 1 aromatic rings. The summed E-state index contributed by atoms with van der Waals surface area (Å²) in [6, 6.07) is 0. The van der Waals surface area contributed by atoms with E-state index in [1.807, 2.05) is 0 Å². The molecule has 1 aliphatic carbocycles. The molecule has 1 saturated carbocycles. The molecule has 1 heterocycles. The summed E-state index contributed by atoms with van der Waals surface area (Å²) >= 11 is 5.53. The van der Waals surface area contributed by atoms with Gasteiger partial charge in [-0.25, -0.2) is 4.98 Å². The predicted molar refractivity (Wildman–Crippen MR) is 38.0 cm³/mol. The van der Waals surface area contributed by atoms with Crippen molar-refractivity contribution in [3.05, 3.63) is 17.8 Å². The molecule has 0 radical (unpaired) electrons. The first-order valence-electron chi connectivity index (χ1n) is 3.40. The minimum atomic E-state index is 0.430. The second-order valence-electron chi connectivity index (χ2n) is 2.57. The van der Waals surface area contributed by atoms with Crippen molar-refractivity contribution in [3.63, 3.8) is 0 Å². The first kappa shape index (κ1) is 6.23. The number of aromatic nitrogens is 1. The summed E-state index contributed by atoms with van der Waals surface area (Å²) in [4.78, 5) is 4.10. The molecule has 1 fully saturated rings. The van der Waals surface area contributed by atoms with E-state index in [1.54, 1.807) is 6.20 Å². The molecule has 2 nitrogen and oxygen atoms in total. The van der Waals surface area contributed by atoms with Crippen LogP contribution in [0.4, 0.5) is 0 Å². The molecule has 0 aromatic carbocycles. The maximum Gasteiger partial charge on any atom is 0.197 e. The minimum Gasteiger partial charge on any atom is -0.444 e. The van der Waals surface area contributed by atoms with Crippen LogP contribution in [-0.2, 0) is 5.88 Å². The standard InChI is InChI=1S/C7H8ClNO/c8-3-6-4-9-7(10-6)5-1-2-5/h4-5H,1-3H2. The number of nitrogens with zero attached hydrogens (tertiary/aromatic N) is 1. The number of oxazole rings is 1. The van der Waals surface area contributed by atoms with Gasteiger partial charge in [-0.1, -0.05) is 0 Å². The minimum absolute atomic E-state index is 0.430. The van der Waals surface area contributed by atoms with Crippen LogP contribution in [0.25, 0.3) is 0 Å². The van der Waals surface area contributed by atoms with Gasteiger partial charge in [0.1, 0.15) is 5.76 Å². The monoisotopic (exact) mass is 157 g/mol. The van der Waals surface area contributed by atoms with Gasteiger partial charge < -0.3 is 4.42 Å². The van der Waals surface area contributed by atoms with Crippen molar-refractivity contribution >= 4 is 11.6 Å². The van der Waals surface area contributed by atoms with Crippen LogP contribution in [0.2, 0.25) is 0 Å². The topological polar surface area (TPSA) is 26.0 Å². The molecule has 1 aliphatic rings. The van der Waals surface area contributed by atoms with E-state index in [0.29, 0.717) is 11.8 Å². The molecule has 0 N–H and O–H groups in total. The van der Waals surface area contributed by atoms with E-state index in [1.165, 1.54) is 12.8 Å². The predicted octanol–water partition coefficient (Wildman–Crippen LogP) is 2.29. The lowest BCUT2D eigenvalue weighted by molar-refractivity contribution is 0.469. The zero-order chi connectivity index (χ0) is 6.97. The van der Waals surface area contributed by atoms with Crippen LogP contribution in [0.5, 0.6) is 0 Å². The second-order valence-corrected chi connectivity index (χ2v) is 2.84. The van der Waals surface area contributed by atoms with Gasteiger partial charge in [0.2, 0.25) is 0 Å². The van der Waals surface area contributed by atoms with E-state index in [4.69, 9.17) is 16.0 Å². The first-order chi connectivity index (χ1) is 4.90. The van der Waals surface area contributed by atoms with Crippen molar-refractivity contribution in [1.29, 1.82) is 0 Å². The summed E-state index contributed by atoms with van der Waals surface area (Å²) in [5, 5.41) is 0. The SMILES string of the molecule is ClCc1cnc(C2CC2)o1. The quantitative estimate of drug-likeness (QED) is 0.616. The molecule has 0 saturated heterocycles. The van der Waals surface area contributed by atoms with E-state index in [9.17, 15) is 0 Å². The molecule has 0 bridgehead atoms. The van der Waals surface area contributed by atoms with Crippen molar-refractivity contribution < 1.29 is 4.42 Å². The zero-order valence-corrected chi connectivity index (χ0v) is 6.27. The van der Waals surface area contributed by atoms with Gasteiger partial charge in [-0.2, -0.15) is 0 Å². The van der Waals surface area contributed by atoms with E-state index >= 15 is 0 Å². The molecular weight excluding hydrogens is 150 g/mol. The summed E-state index contributed by atoms with van der Waals surface area (Å²) in [5.41, 5.74) is 0. The molecule has 0 amide bonds. The summed E-state index contributed by atoms with van der Waals surface area (Å²) in [6.45, 7) is 0. The molecule has 1 aromatic heterocycles. The van der Waals surface area contributed by atoms with Crippen molar-refractivity contribution in [2.45, 2.75) is 24.6 Å². The van der Waals surface area contributed by atoms with E-state index in [-0.39, 0.29) is 0 Å². The lowest BCUT2D eigenvalue weighted by Crippen LogP contribution is -1.73. The Morgan fingerprint density at radius 3 is 3.00 bits per heavy atom. The Kier molecular flexibility index (Phi) is 1.42. The fraction of sp³-hybridized carbons (Fsp3) is 0.571. The molecule has 0 atom stereocenters. The van der Waals surface area contributed by atoms with E-state index < -0.39 is 0 Å². The Bertz CT molecular complexity index is 229. The lowest BCUT2D eigenvalue weighted by Gasteiger charge is -1.85. The summed E-state index contributed by atoms with van der Waals surface area (Å²) in [7, 11) is 0. The van der Waals surface area contributed by atoms with Crippen molar-refractivity contribution in [3.8, 4) is 0 Å². The summed E-state index contributed by atoms with van der Waals surface area (Å²) in [5.74, 6) is 2.68. The van der Waals surface area contributed by atoms with Crippen LogP contribution < -0.4 is 0 Å². The number of hydrogen-bond acceptors (Lipinski definition) is 2. The molecule has 2 rings (SSSR count). The third-order valence-corrected chi connectivity index (χ3v) is 1.89. The van der Waals surface area contributed by atoms with Crippen molar-refractivity contribution in [2.75, 3.05) is 0 Å². The highest BCUT2D eigenvalue weighted by Crippen LogP contribution is 2.39. The van der Waals surface area contributed by atoms with E-state index in [2.05, 4.69) is 4.98 Å². The normalized spacial score (nSPS) is 17.7. The van der Waals surface area contributed by atoms with Gasteiger partial charge in [-0.3, -0.25) is 0 Å². The Labute approximate surface area is 64.2 Å². The van der Waals surface area contributed by atoms with Crippen LogP contribution in [0.1, 0.15) is 30.4 Å². The number of alkyl halides is 1. The Morgan fingerprint density at radius 1 is 1.70 bits per heavy atom. The first-order valence-corrected chi connectivity index (χ1v) is 3.94. The van der Waals surface area contributed by atoms with Gasteiger partial charge in [0.05, 0.1) is 12.1 Å². The summed E-state index contributed by atoms with van der Waals surface area (Å²) in [6.07, 6.45) is 4.16. The van der Waals surface area contributed by atoms with Crippen LogP contribution in [0, 0.1) is 0 Å². The molecule has 3 heteroatoms. The summed E-state index contributed by atoms with van der Waals surface area (Å²) < 4.78 is 5.31. The highest BCUT2D eigenvalue weighted by atomic mass is 35.5. The van der Waals surface area contributed by atoms with Gasteiger partial charge in [0, 0.05) is 5.92 Å². The molecular formula is C7H8ClNO. The molecule has 0 unspecified atom stereocenters. The lowest BCUT2D eigenvalue weighted by atomic mass is 10.4. The van der Waals surface area contributed by atoms with Crippen LogP contribution >= 0.6 is 11.6 Å². The van der Waals surface area contributed by atoms with Crippen LogP contribution in [0.15, 0.2) is 10.6 Å². The Balaban J connectivity index is 2.19. The van der Waals surface area contributed by atoms with Gasteiger partial charge >= 0.3 is 0 Å². The van der Waals surface area contributed by atoms with E-state index in [0.717, 1.165) is 11.7 Å². The highest BCUT2D eigenvalue weighted by molar-refractivity contribution is 6.16. The van der Waals surface area contributed by atoms with Gasteiger partial charge in [0.15, 0.2) is 5.89 Å². The third-order valence-electron chi connectivity index (χ3n) is 1.63. The van der Waals surface area contributed by atoms with Crippen molar-refractivity contribution in [2.24, 2.45) is 0 Å². The maximum atomic E-state index is 5.53. The van der Waals surface area contributed by atoms with Crippen LogP contribution in [0.3, 0.4) is 0 Å². The Hall–Kier alpha value is -0.500. The molecule has 10 heavy (non-hydrogen) atoms. The largest absolute Gasteiger partial charge is 0.444 e. The zero-order valence-electron chi connectivity index (χ0n) is 5.51. The second kappa shape index (κ2) is 2.27. The molecule has 0 spiro atoms. The number of halogens is 1. The smallest absolute Gasteiger partial charge is 0.197 e. The van der Waals surface area contributed by atoms with Gasteiger partial charge in [-0.05, 0) is 12.8 Å². The number of hydrogen-bond donors (Lipinski definition) is 0. The highest BCUT2D eigenvalue weighted by Gasteiger charge is 2.28.